The highest BCUT2D eigenvalue weighted by Gasteiger charge is 1.95. The van der Waals surface area contributed by atoms with Crippen LogP contribution in [0.15, 0.2) is 29.2 Å². The van der Waals surface area contributed by atoms with E-state index in [0.717, 1.165) is 5.02 Å². The minimum absolute atomic E-state index is 0.826. The van der Waals surface area contributed by atoms with E-state index in [9.17, 15) is 0 Å². The molecule has 0 saturated heterocycles. The molecule has 0 fully saturated rings. The van der Waals surface area contributed by atoms with Crippen molar-refractivity contribution in [1.29, 1.82) is 0 Å². The van der Waals surface area contributed by atoms with Gasteiger partial charge in [-0.25, -0.2) is 0 Å². The van der Waals surface area contributed by atoms with Gasteiger partial charge >= 0.3 is 0 Å². The molecule has 1 aromatic carbocycles. The average molecular weight is 299 g/mol. The van der Waals surface area contributed by atoms with Gasteiger partial charge in [-0.3, -0.25) is 0 Å². The fraction of sp³-hybridized carbons (Fsp3) is 0.647. The first kappa shape index (κ1) is 16.9. The molecule has 2 heteroatoms. The summed E-state index contributed by atoms with van der Waals surface area (Å²) in [6.45, 7) is 2.28. The zero-order valence-electron chi connectivity index (χ0n) is 12.2. The molecular weight excluding hydrogens is 272 g/mol. The van der Waals surface area contributed by atoms with Gasteiger partial charge in [0.15, 0.2) is 0 Å². The Bertz CT molecular complexity index is 308. The molecule has 0 bridgehead atoms. The Morgan fingerprint density at radius 3 is 1.89 bits per heavy atom. The molecule has 0 saturated carbocycles. The van der Waals surface area contributed by atoms with Gasteiger partial charge in [-0.05, 0) is 36.4 Å². The van der Waals surface area contributed by atoms with Crippen LogP contribution < -0.4 is 0 Å². The average Bonchev–Trinajstić information content (AvgIpc) is 2.43. The van der Waals surface area contributed by atoms with Gasteiger partial charge in [0.25, 0.3) is 0 Å². The smallest absolute Gasteiger partial charge is 0.0406 e. The zero-order chi connectivity index (χ0) is 13.8. The Labute approximate surface area is 128 Å². The first-order valence-corrected chi connectivity index (χ1v) is 9.07. The molecule has 0 N–H and O–H groups in total. The van der Waals surface area contributed by atoms with Crippen molar-refractivity contribution in [3.05, 3.63) is 29.3 Å². The topological polar surface area (TPSA) is 0 Å². The SMILES string of the molecule is CCCCCCCCCCCSc1ccc(Cl)cc1. The van der Waals surface area contributed by atoms with E-state index < -0.39 is 0 Å². The number of hydrogen-bond acceptors (Lipinski definition) is 1. The number of unbranched alkanes of at least 4 members (excludes halogenated alkanes) is 8. The Balaban J connectivity index is 1.87. The van der Waals surface area contributed by atoms with E-state index in [2.05, 4.69) is 19.1 Å². The van der Waals surface area contributed by atoms with E-state index in [1.165, 1.54) is 68.4 Å². The zero-order valence-corrected chi connectivity index (χ0v) is 13.7. The van der Waals surface area contributed by atoms with Crippen LogP contribution in [0, 0.1) is 0 Å². The first-order valence-electron chi connectivity index (χ1n) is 7.71. The van der Waals surface area contributed by atoms with Crippen LogP contribution in [0.3, 0.4) is 0 Å². The van der Waals surface area contributed by atoms with Crippen LogP contribution in [0.25, 0.3) is 0 Å². The summed E-state index contributed by atoms with van der Waals surface area (Å²) in [7, 11) is 0. The van der Waals surface area contributed by atoms with E-state index in [1.54, 1.807) is 0 Å². The monoisotopic (exact) mass is 298 g/mol. The molecule has 0 aliphatic heterocycles. The molecule has 19 heavy (non-hydrogen) atoms. The third kappa shape index (κ3) is 9.40. The summed E-state index contributed by atoms with van der Waals surface area (Å²) in [6.07, 6.45) is 12.6. The maximum Gasteiger partial charge on any atom is 0.0406 e. The number of halogens is 1. The summed E-state index contributed by atoms with van der Waals surface area (Å²) in [6, 6.07) is 8.17. The van der Waals surface area contributed by atoms with Crippen LogP contribution in [0.5, 0.6) is 0 Å². The lowest BCUT2D eigenvalue weighted by Crippen LogP contribution is -1.83. The van der Waals surface area contributed by atoms with Gasteiger partial charge in [0, 0.05) is 9.92 Å². The molecule has 0 atom stereocenters. The Morgan fingerprint density at radius 2 is 1.32 bits per heavy atom. The number of hydrogen-bond donors (Lipinski definition) is 0. The predicted octanol–water partition coefficient (Wildman–Crippen LogP) is 6.96. The van der Waals surface area contributed by atoms with Crippen molar-refractivity contribution < 1.29 is 0 Å². The fourth-order valence-electron chi connectivity index (χ4n) is 2.13. The van der Waals surface area contributed by atoms with Gasteiger partial charge in [-0.1, -0.05) is 69.9 Å². The Morgan fingerprint density at radius 1 is 0.789 bits per heavy atom. The predicted molar refractivity (Wildman–Crippen MR) is 89.4 cm³/mol. The highest BCUT2D eigenvalue weighted by Crippen LogP contribution is 2.22. The Hall–Kier alpha value is -0.140. The lowest BCUT2D eigenvalue weighted by atomic mass is 10.1. The molecule has 0 radical (unpaired) electrons. The second kappa shape index (κ2) is 11.7. The lowest BCUT2D eigenvalue weighted by molar-refractivity contribution is 0.573. The van der Waals surface area contributed by atoms with Gasteiger partial charge in [0.1, 0.15) is 0 Å². The van der Waals surface area contributed by atoms with Crippen LogP contribution in [0.1, 0.15) is 64.7 Å². The molecule has 0 aliphatic carbocycles. The molecule has 1 rings (SSSR count). The van der Waals surface area contributed by atoms with Gasteiger partial charge in [-0.2, -0.15) is 0 Å². The van der Waals surface area contributed by atoms with Crippen LogP contribution >= 0.6 is 23.4 Å². The maximum absolute atomic E-state index is 5.87. The number of benzene rings is 1. The summed E-state index contributed by atoms with van der Waals surface area (Å²) < 4.78 is 0. The van der Waals surface area contributed by atoms with Crippen LogP contribution in [-0.2, 0) is 0 Å². The number of thioether (sulfide) groups is 1. The van der Waals surface area contributed by atoms with Crippen molar-refractivity contribution in [2.75, 3.05) is 5.75 Å². The molecule has 0 nitrogen and oxygen atoms in total. The lowest BCUT2D eigenvalue weighted by Gasteiger charge is -2.03. The quantitative estimate of drug-likeness (QED) is 0.314. The van der Waals surface area contributed by atoms with Crippen molar-refractivity contribution in [3.63, 3.8) is 0 Å². The van der Waals surface area contributed by atoms with Crippen molar-refractivity contribution in [2.45, 2.75) is 69.6 Å². The highest BCUT2D eigenvalue weighted by molar-refractivity contribution is 7.99. The maximum atomic E-state index is 5.87. The van der Waals surface area contributed by atoms with Crippen molar-refractivity contribution in [1.82, 2.24) is 0 Å². The molecule has 0 heterocycles. The first-order chi connectivity index (χ1) is 9.33. The molecule has 0 unspecified atom stereocenters. The highest BCUT2D eigenvalue weighted by atomic mass is 35.5. The van der Waals surface area contributed by atoms with E-state index in [0.29, 0.717) is 0 Å². The third-order valence-corrected chi connectivity index (χ3v) is 4.68. The number of rotatable bonds is 11. The van der Waals surface area contributed by atoms with Crippen molar-refractivity contribution >= 4 is 23.4 Å². The van der Waals surface area contributed by atoms with Gasteiger partial charge < -0.3 is 0 Å². The standard InChI is InChI=1S/C17H27ClS/c1-2-3-4-5-6-7-8-9-10-15-19-17-13-11-16(18)12-14-17/h11-14H,2-10,15H2,1H3. The van der Waals surface area contributed by atoms with Crippen LogP contribution in [0.2, 0.25) is 5.02 Å². The summed E-state index contributed by atoms with van der Waals surface area (Å²) in [5, 5.41) is 0.826. The second-order valence-electron chi connectivity index (χ2n) is 5.13. The van der Waals surface area contributed by atoms with E-state index in [4.69, 9.17) is 11.6 Å². The van der Waals surface area contributed by atoms with Crippen LogP contribution in [0.4, 0.5) is 0 Å². The minimum atomic E-state index is 0.826. The van der Waals surface area contributed by atoms with E-state index >= 15 is 0 Å². The van der Waals surface area contributed by atoms with Crippen LogP contribution in [-0.4, -0.2) is 5.75 Å². The van der Waals surface area contributed by atoms with Crippen molar-refractivity contribution in [2.24, 2.45) is 0 Å². The summed E-state index contributed by atoms with van der Waals surface area (Å²) in [5.41, 5.74) is 0. The third-order valence-electron chi connectivity index (χ3n) is 3.33. The van der Waals surface area contributed by atoms with E-state index in [1.807, 2.05) is 23.9 Å². The normalized spacial score (nSPS) is 10.8. The summed E-state index contributed by atoms with van der Waals surface area (Å²) in [5.74, 6) is 1.23. The minimum Gasteiger partial charge on any atom is -0.126 e. The Kier molecular flexibility index (Phi) is 10.4. The van der Waals surface area contributed by atoms with Gasteiger partial charge in [0.2, 0.25) is 0 Å². The summed E-state index contributed by atoms with van der Waals surface area (Å²) >= 11 is 7.81. The molecule has 0 amide bonds. The van der Waals surface area contributed by atoms with Crippen molar-refractivity contribution in [3.8, 4) is 0 Å². The largest absolute Gasteiger partial charge is 0.126 e. The molecule has 108 valence electrons. The molecule has 0 spiro atoms. The van der Waals surface area contributed by atoms with E-state index in [-0.39, 0.29) is 0 Å². The molecule has 0 aromatic heterocycles. The molecule has 1 aromatic rings. The second-order valence-corrected chi connectivity index (χ2v) is 6.74. The van der Waals surface area contributed by atoms with Gasteiger partial charge in [0.05, 0.1) is 0 Å². The molecular formula is C17H27ClS. The molecule has 0 aliphatic rings. The van der Waals surface area contributed by atoms with Gasteiger partial charge in [-0.15, -0.1) is 11.8 Å². The fourth-order valence-corrected chi connectivity index (χ4v) is 3.17. The summed E-state index contributed by atoms with van der Waals surface area (Å²) in [4.78, 5) is 1.34.